The van der Waals surface area contributed by atoms with Gasteiger partial charge in [0.2, 0.25) is 5.89 Å². The fourth-order valence-corrected chi connectivity index (χ4v) is 3.20. The van der Waals surface area contributed by atoms with Gasteiger partial charge in [-0.15, -0.1) is 0 Å². The highest BCUT2D eigenvalue weighted by Crippen LogP contribution is 2.68. The average Bonchev–Trinajstić information content (AvgIpc) is 2.72. The van der Waals surface area contributed by atoms with Crippen molar-refractivity contribution in [2.75, 3.05) is 13.1 Å². The Balaban J connectivity index is 1.76. The molecule has 2 aliphatic rings. The van der Waals surface area contributed by atoms with Crippen LogP contribution in [0.2, 0.25) is 0 Å². The number of carboxylic acids is 2. The van der Waals surface area contributed by atoms with Crippen molar-refractivity contribution in [3.05, 3.63) is 11.7 Å². The zero-order chi connectivity index (χ0) is 14.5. The van der Waals surface area contributed by atoms with E-state index < -0.39 is 22.8 Å². The topological polar surface area (TPSA) is 117 Å². The number of aromatic nitrogens is 2. The lowest BCUT2D eigenvalue weighted by atomic mass is 9.97. The van der Waals surface area contributed by atoms with Crippen molar-refractivity contribution in [1.29, 1.82) is 0 Å². The molecule has 1 aliphatic heterocycles. The number of nitrogens with zero attached hydrogens (tertiary/aromatic N) is 3. The molecule has 0 amide bonds. The van der Waals surface area contributed by atoms with E-state index in [-0.39, 0.29) is 26.1 Å². The summed E-state index contributed by atoms with van der Waals surface area (Å²) in [5.74, 6) is -1.10. The van der Waals surface area contributed by atoms with Crippen LogP contribution in [0.25, 0.3) is 0 Å². The number of piperidine rings is 1. The third kappa shape index (κ3) is 1.57. The summed E-state index contributed by atoms with van der Waals surface area (Å²) in [6, 6.07) is 0. The Labute approximate surface area is 114 Å². The van der Waals surface area contributed by atoms with Gasteiger partial charge in [-0.3, -0.25) is 14.5 Å². The number of carbonyl (C=O) groups is 2. The van der Waals surface area contributed by atoms with Crippen LogP contribution in [0.15, 0.2) is 4.52 Å². The van der Waals surface area contributed by atoms with Crippen LogP contribution in [0.4, 0.5) is 0 Å². The van der Waals surface area contributed by atoms with E-state index in [0.717, 1.165) is 0 Å². The van der Waals surface area contributed by atoms with Crippen LogP contribution >= 0.6 is 0 Å². The first kappa shape index (κ1) is 13.0. The molecule has 8 heteroatoms. The summed E-state index contributed by atoms with van der Waals surface area (Å²) in [6.45, 7) is 2.60. The molecule has 2 fully saturated rings. The van der Waals surface area contributed by atoms with Crippen molar-refractivity contribution in [3.8, 4) is 0 Å². The number of hydrogen-bond acceptors (Lipinski definition) is 6. The summed E-state index contributed by atoms with van der Waals surface area (Å²) >= 11 is 0. The lowest BCUT2D eigenvalue weighted by molar-refractivity contribution is -0.151. The van der Waals surface area contributed by atoms with Crippen LogP contribution in [0.3, 0.4) is 0 Å². The quantitative estimate of drug-likeness (QED) is 0.774. The van der Waals surface area contributed by atoms with Gasteiger partial charge in [0.1, 0.15) is 0 Å². The monoisotopic (exact) mass is 281 g/mol. The number of hydrogen-bond donors (Lipinski definition) is 2. The smallest absolute Gasteiger partial charge is 0.312 e. The molecule has 2 N–H and O–H groups in total. The van der Waals surface area contributed by atoms with E-state index in [4.69, 9.17) is 4.52 Å². The summed E-state index contributed by atoms with van der Waals surface area (Å²) in [5.41, 5.74) is -2.32. The standard InChI is InChI=1S/C12H15N3O5/c1-2-7-13-8(20-14-7)3-15-5-11(9(16)17)4-12(11,6-15)10(18)19/h2-6H2,1H3,(H,16,17)(H,18,19)/t11-,12+. The second kappa shape index (κ2) is 4.02. The van der Waals surface area contributed by atoms with Crippen molar-refractivity contribution in [2.24, 2.45) is 10.8 Å². The predicted octanol–water partition coefficient (Wildman–Crippen LogP) is -0.00670. The molecule has 2 atom stereocenters. The van der Waals surface area contributed by atoms with Gasteiger partial charge in [-0.05, 0) is 6.42 Å². The third-order valence-corrected chi connectivity index (χ3v) is 4.39. The second-order valence-electron chi connectivity index (χ2n) is 5.55. The van der Waals surface area contributed by atoms with Gasteiger partial charge in [-0.1, -0.05) is 12.1 Å². The van der Waals surface area contributed by atoms with Gasteiger partial charge in [0, 0.05) is 19.5 Å². The molecule has 1 aromatic heterocycles. The fourth-order valence-electron chi connectivity index (χ4n) is 3.20. The molecule has 2 heterocycles. The number of aliphatic carboxylic acids is 2. The van der Waals surface area contributed by atoms with Gasteiger partial charge in [0.05, 0.1) is 17.4 Å². The lowest BCUT2D eigenvalue weighted by Crippen LogP contribution is -2.28. The molecule has 0 radical (unpaired) electrons. The number of carboxylic acid groups (broad SMARTS) is 2. The Morgan fingerprint density at radius 1 is 1.30 bits per heavy atom. The minimum absolute atomic E-state index is 0.200. The molecule has 0 bridgehead atoms. The van der Waals surface area contributed by atoms with E-state index in [9.17, 15) is 19.8 Å². The van der Waals surface area contributed by atoms with E-state index in [1.807, 2.05) is 6.92 Å². The van der Waals surface area contributed by atoms with E-state index in [1.54, 1.807) is 4.90 Å². The van der Waals surface area contributed by atoms with Gasteiger partial charge in [0.25, 0.3) is 0 Å². The van der Waals surface area contributed by atoms with Crippen LogP contribution < -0.4 is 0 Å². The summed E-state index contributed by atoms with van der Waals surface area (Å²) in [7, 11) is 0. The lowest BCUT2D eigenvalue weighted by Gasteiger charge is -2.16. The SMILES string of the molecule is CCc1noc(CN2C[C@@]3(C(=O)O)C[C@@]3(C(=O)O)C2)n1. The second-order valence-corrected chi connectivity index (χ2v) is 5.55. The molecule has 8 nitrogen and oxygen atoms in total. The molecular formula is C12H15N3O5. The van der Waals surface area contributed by atoms with Crippen molar-refractivity contribution in [1.82, 2.24) is 15.0 Å². The number of rotatable bonds is 5. The largest absolute Gasteiger partial charge is 0.481 e. The van der Waals surface area contributed by atoms with Crippen molar-refractivity contribution >= 4 is 11.9 Å². The predicted molar refractivity (Wildman–Crippen MR) is 63.7 cm³/mol. The van der Waals surface area contributed by atoms with Crippen molar-refractivity contribution in [2.45, 2.75) is 26.3 Å². The first-order valence-corrected chi connectivity index (χ1v) is 6.44. The maximum atomic E-state index is 11.4. The van der Waals surface area contributed by atoms with Crippen LogP contribution in [0.5, 0.6) is 0 Å². The molecule has 1 saturated carbocycles. The zero-order valence-electron chi connectivity index (χ0n) is 11.0. The Morgan fingerprint density at radius 2 is 1.90 bits per heavy atom. The van der Waals surface area contributed by atoms with E-state index in [1.165, 1.54) is 0 Å². The zero-order valence-corrected chi connectivity index (χ0v) is 11.0. The molecule has 0 unspecified atom stereocenters. The van der Waals surface area contributed by atoms with Gasteiger partial charge in [-0.2, -0.15) is 4.98 Å². The Morgan fingerprint density at radius 3 is 2.35 bits per heavy atom. The first-order valence-electron chi connectivity index (χ1n) is 6.44. The normalized spacial score (nSPS) is 32.0. The molecule has 3 rings (SSSR count). The molecule has 20 heavy (non-hydrogen) atoms. The molecule has 108 valence electrons. The number of likely N-dealkylation sites (tertiary alicyclic amines) is 1. The van der Waals surface area contributed by atoms with Gasteiger partial charge in [-0.25, -0.2) is 0 Å². The Hall–Kier alpha value is -1.96. The minimum Gasteiger partial charge on any atom is -0.481 e. The highest BCUT2D eigenvalue weighted by atomic mass is 16.5. The van der Waals surface area contributed by atoms with E-state index in [0.29, 0.717) is 18.1 Å². The highest BCUT2D eigenvalue weighted by molar-refractivity contribution is 5.94. The highest BCUT2D eigenvalue weighted by Gasteiger charge is 2.80. The van der Waals surface area contributed by atoms with E-state index >= 15 is 0 Å². The summed E-state index contributed by atoms with van der Waals surface area (Å²) in [5, 5.41) is 22.4. The van der Waals surface area contributed by atoms with Gasteiger partial charge >= 0.3 is 11.9 Å². The molecule has 1 aliphatic carbocycles. The third-order valence-electron chi connectivity index (χ3n) is 4.39. The molecular weight excluding hydrogens is 266 g/mol. The van der Waals surface area contributed by atoms with Crippen LogP contribution in [-0.2, 0) is 22.6 Å². The van der Waals surface area contributed by atoms with Crippen molar-refractivity contribution < 1.29 is 24.3 Å². The molecule has 0 spiro atoms. The van der Waals surface area contributed by atoms with Crippen LogP contribution in [0.1, 0.15) is 25.1 Å². The van der Waals surface area contributed by atoms with E-state index in [2.05, 4.69) is 10.1 Å². The molecule has 0 aromatic carbocycles. The number of aryl methyl sites for hydroxylation is 1. The maximum Gasteiger partial charge on any atom is 0.312 e. The Bertz CT molecular complexity index is 557. The first-order chi connectivity index (χ1) is 9.43. The summed E-state index contributed by atoms with van der Waals surface area (Å²) in [6.07, 6.45) is 0.854. The van der Waals surface area contributed by atoms with Crippen LogP contribution in [-0.4, -0.2) is 50.3 Å². The maximum absolute atomic E-state index is 11.4. The minimum atomic E-state index is -1.16. The fraction of sp³-hybridized carbons (Fsp3) is 0.667. The van der Waals surface area contributed by atoms with Gasteiger partial charge in [0.15, 0.2) is 5.82 Å². The summed E-state index contributed by atoms with van der Waals surface area (Å²) in [4.78, 5) is 28.7. The average molecular weight is 281 g/mol. The molecule has 1 aromatic rings. The summed E-state index contributed by atoms with van der Waals surface area (Å²) < 4.78 is 5.06. The van der Waals surface area contributed by atoms with Crippen molar-refractivity contribution in [3.63, 3.8) is 0 Å². The Kier molecular flexibility index (Phi) is 2.62. The number of fused-ring (bicyclic) bond motifs is 1. The van der Waals surface area contributed by atoms with Gasteiger partial charge < -0.3 is 14.7 Å². The molecule has 1 saturated heterocycles. The van der Waals surface area contributed by atoms with Crippen LogP contribution in [0, 0.1) is 10.8 Å².